The van der Waals surface area contributed by atoms with Gasteiger partial charge in [-0.2, -0.15) is 13.5 Å². The third-order valence-corrected chi connectivity index (χ3v) is 8.62. The van der Waals surface area contributed by atoms with Crippen molar-refractivity contribution in [2.45, 2.75) is 49.6 Å². The Bertz CT molecular complexity index is 1350. The Kier molecular flexibility index (Phi) is 7.09. The Hall–Kier alpha value is -2.33. The standard InChI is InChI=1S/C24H25ClN2O5S2/c1-5-27-24(32-34(29,30)17-8-6-16(25)7-9-17)19(13-26-27)22(28)18-12-14(2)23-21(15(18)3)20(31-4)10-11-33-23/h6-9,12-13,20H,5,10-11H2,1-4H3. The summed E-state index contributed by atoms with van der Waals surface area (Å²) in [7, 11) is -2.54. The summed E-state index contributed by atoms with van der Waals surface area (Å²) in [6.07, 6.45) is 2.12. The zero-order valence-corrected chi connectivity index (χ0v) is 21.7. The van der Waals surface area contributed by atoms with E-state index in [-0.39, 0.29) is 28.2 Å². The Balaban J connectivity index is 1.78. The molecule has 34 heavy (non-hydrogen) atoms. The molecule has 0 aliphatic carbocycles. The van der Waals surface area contributed by atoms with E-state index in [4.69, 9.17) is 20.5 Å². The van der Waals surface area contributed by atoms with Crippen LogP contribution in [0.15, 0.2) is 46.3 Å². The highest BCUT2D eigenvalue weighted by Crippen LogP contribution is 2.43. The largest absolute Gasteiger partial charge is 0.377 e. The van der Waals surface area contributed by atoms with Gasteiger partial charge >= 0.3 is 10.1 Å². The van der Waals surface area contributed by atoms with E-state index in [9.17, 15) is 13.2 Å². The van der Waals surface area contributed by atoms with Gasteiger partial charge in [-0.3, -0.25) is 4.79 Å². The molecule has 1 atom stereocenters. The first-order valence-corrected chi connectivity index (χ1v) is 13.5. The van der Waals surface area contributed by atoms with Crippen molar-refractivity contribution >= 4 is 39.3 Å². The number of rotatable bonds is 7. The molecule has 10 heteroatoms. The second-order valence-corrected chi connectivity index (χ2v) is 11.1. The molecule has 4 rings (SSSR count). The number of hydrogen-bond donors (Lipinski definition) is 0. The number of benzene rings is 2. The summed E-state index contributed by atoms with van der Waals surface area (Å²) < 4.78 is 38.4. The molecule has 0 amide bonds. The molecule has 180 valence electrons. The van der Waals surface area contributed by atoms with E-state index in [0.29, 0.717) is 17.1 Å². The first-order valence-electron chi connectivity index (χ1n) is 10.8. The van der Waals surface area contributed by atoms with E-state index >= 15 is 0 Å². The van der Waals surface area contributed by atoms with Crippen LogP contribution < -0.4 is 4.18 Å². The van der Waals surface area contributed by atoms with Crippen LogP contribution in [0.25, 0.3) is 0 Å². The second kappa shape index (κ2) is 9.73. The summed E-state index contributed by atoms with van der Waals surface area (Å²) in [5.41, 5.74) is 3.38. The molecule has 1 aromatic heterocycles. The van der Waals surface area contributed by atoms with Crippen LogP contribution >= 0.6 is 23.4 Å². The van der Waals surface area contributed by atoms with Gasteiger partial charge in [-0.1, -0.05) is 11.6 Å². The van der Waals surface area contributed by atoms with E-state index in [0.717, 1.165) is 33.8 Å². The molecule has 7 nitrogen and oxygen atoms in total. The van der Waals surface area contributed by atoms with Crippen molar-refractivity contribution in [1.82, 2.24) is 9.78 Å². The van der Waals surface area contributed by atoms with Gasteiger partial charge in [0.25, 0.3) is 0 Å². The van der Waals surface area contributed by atoms with Crippen molar-refractivity contribution in [2.24, 2.45) is 0 Å². The number of ketones is 1. The SMILES string of the molecule is CCn1ncc(C(=O)c2cc(C)c3c(c2C)C(OC)CCS3)c1OS(=O)(=O)c1ccc(Cl)cc1. The van der Waals surface area contributed by atoms with Crippen LogP contribution in [0.1, 0.15) is 52.1 Å². The van der Waals surface area contributed by atoms with Crippen LogP contribution in [0.5, 0.6) is 5.88 Å². The number of hydrogen-bond acceptors (Lipinski definition) is 7. The van der Waals surface area contributed by atoms with E-state index < -0.39 is 10.1 Å². The summed E-state index contributed by atoms with van der Waals surface area (Å²) in [6.45, 7) is 5.98. The number of fused-ring (bicyclic) bond motifs is 1. The highest BCUT2D eigenvalue weighted by Gasteiger charge is 2.31. The summed E-state index contributed by atoms with van der Waals surface area (Å²) in [5.74, 6) is 0.479. The lowest BCUT2D eigenvalue weighted by atomic mass is 9.90. The van der Waals surface area contributed by atoms with Crippen molar-refractivity contribution in [1.29, 1.82) is 0 Å². The van der Waals surface area contributed by atoms with Gasteiger partial charge in [0.1, 0.15) is 10.5 Å². The van der Waals surface area contributed by atoms with Gasteiger partial charge in [0.2, 0.25) is 5.88 Å². The maximum atomic E-state index is 13.7. The predicted octanol–water partition coefficient (Wildman–Crippen LogP) is 5.36. The van der Waals surface area contributed by atoms with E-state index in [1.54, 1.807) is 25.8 Å². The number of aryl methyl sites for hydroxylation is 2. The van der Waals surface area contributed by atoms with Crippen LogP contribution in [0.4, 0.5) is 0 Å². The molecule has 0 fully saturated rings. The average molecular weight is 521 g/mol. The van der Waals surface area contributed by atoms with E-state index in [1.165, 1.54) is 35.1 Å². The van der Waals surface area contributed by atoms with Gasteiger partial charge in [0.05, 0.1) is 12.3 Å². The van der Waals surface area contributed by atoms with Gasteiger partial charge in [-0.15, -0.1) is 11.8 Å². The molecule has 0 N–H and O–H groups in total. The first kappa shape index (κ1) is 24.8. The smallest absolute Gasteiger partial charge is 0.340 e. The monoisotopic (exact) mass is 520 g/mol. The summed E-state index contributed by atoms with van der Waals surface area (Å²) >= 11 is 7.64. The zero-order chi connectivity index (χ0) is 24.6. The molecule has 0 saturated heterocycles. The molecule has 1 unspecified atom stereocenters. The van der Waals surface area contributed by atoms with Crippen molar-refractivity contribution < 1.29 is 22.1 Å². The van der Waals surface area contributed by atoms with Gasteiger partial charge < -0.3 is 8.92 Å². The first-order chi connectivity index (χ1) is 16.2. The van der Waals surface area contributed by atoms with Crippen molar-refractivity contribution in [3.05, 3.63) is 69.4 Å². The van der Waals surface area contributed by atoms with Crippen molar-refractivity contribution in [2.75, 3.05) is 12.9 Å². The maximum Gasteiger partial charge on any atom is 0.340 e. The molecule has 0 radical (unpaired) electrons. The topological polar surface area (TPSA) is 87.5 Å². The molecule has 0 spiro atoms. The minimum Gasteiger partial charge on any atom is -0.377 e. The second-order valence-electron chi connectivity index (χ2n) is 7.97. The lowest BCUT2D eigenvalue weighted by Crippen LogP contribution is -2.17. The molecular weight excluding hydrogens is 496 g/mol. The number of methoxy groups -OCH3 is 1. The zero-order valence-electron chi connectivity index (χ0n) is 19.3. The average Bonchev–Trinajstić information content (AvgIpc) is 3.22. The van der Waals surface area contributed by atoms with Gasteiger partial charge in [0, 0.05) is 34.9 Å². The normalized spacial score (nSPS) is 15.7. The van der Waals surface area contributed by atoms with Gasteiger partial charge in [-0.25, -0.2) is 4.68 Å². The minimum atomic E-state index is -4.21. The lowest BCUT2D eigenvalue weighted by molar-refractivity contribution is 0.0961. The fourth-order valence-corrected chi connectivity index (χ4v) is 6.46. The Morgan fingerprint density at radius 3 is 2.59 bits per heavy atom. The van der Waals surface area contributed by atoms with Crippen LogP contribution in [-0.4, -0.2) is 36.8 Å². The van der Waals surface area contributed by atoms with Crippen LogP contribution in [0, 0.1) is 13.8 Å². The molecule has 1 aliphatic heterocycles. The molecule has 1 aliphatic rings. The maximum absolute atomic E-state index is 13.7. The third kappa shape index (κ3) is 4.49. The number of thioether (sulfide) groups is 1. The number of nitrogens with zero attached hydrogens (tertiary/aromatic N) is 2. The van der Waals surface area contributed by atoms with Crippen molar-refractivity contribution in [3.8, 4) is 5.88 Å². The fourth-order valence-electron chi connectivity index (χ4n) is 4.12. The summed E-state index contributed by atoms with van der Waals surface area (Å²) in [4.78, 5) is 14.8. The Morgan fingerprint density at radius 1 is 1.24 bits per heavy atom. The van der Waals surface area contributed by atoms with Crippen LogP contribution in [-0.2, 0) is 21.4 Å². The van der Waals surface area contributed by atoms with E-state index in [1.807, 2.05) is 19.9 Å². The Labute approximate surface area is 208 Å². The molecule has 0 saturated carbocycles. The molecular formula is C24H25ClN2O5S2. The lowest BCUT2D eigenvalue weighted by Gasteiger charge is -2.28. The Morgan fingerprint density at radius 2 is 1.94 bits per heavy atom. The molecule has 0 bridgehead atoms. The summed E-state index contributed by atoms with van der Waals surface area (Å²) in [5, 5.41) is 4.60. The quantitative estimate of drug-likeness (QED) is 0.306. The number of aromatic nitrogens is 2. The van der Waals surface area contributed by atoms with Crippen molar-refractivity contribution in [3.63, 3.8) is 0 Å². The number of carbonyl (C=O) groups excluding carboxylic acids is 1. The number of halogens is 1. The minimum absolute atomic E-state index is 0.0695. The highest BCUT2D eigenvalue weighted by molar-refractivity contribution is 7.99. The van der Waals surface area contributed by atoms with E-state index in [2.05, 4.69) is 5.10 Å². The fraction of sp³-hybridized carbons (Fsp3) is 0.333. The molecule has 2 heterocycles. The molecule has 3 aromatic rings. The van der Waals surface area contributed by atoms with Crippen LogP contribution in [0.2, 0.25) is 5.02 Å². The predicted molar refractivity (Wildman–Crippen MR) is 132 cm³/mol. The van der Waals surface area contributed by atoms with Gasteiger partial charge in [0.15, 0.2) is 5.78 Å². The van der Waals surface area contributed by atoms with Gasteiger partial charge in [-0.05, 0) is 74.2 Å². The molecule has 2 aromatic carbocycles. The highest BCUT2D eigenvalue weighted by atomic mass is 35.5. The third-order valence-electron chi connectivity index (χ3n) is 5.88. The summed E-state index contributed by atoms with van der Waals surface area (Å²) in [6, 6.07) is 7.48. The van der Waals surface area contributed by atoms with Crippen LogP contribution in [0.3, 0.4) is 0 Å². The number of ether oxygens (including phenoxy) is 1. The number of carbonyl (C=O) groups is 1.